The van der Waals surface area contributed by atoms with Gasteiger partial charge in [-0.15, -0.1) is 23.2 Å². The SMILES string of the molecule is CCOc1cc(NC(=O)C(N=Nc2cc(Cl)cc(C(=O)Nc3ccc(CCl)cc3)c2)C(C)=O)c(OCC)cc1NC(=O)C(N=Nc1cc(Cl)cc(C(=O)Nc2ccc(CCl)cc2)c1)C(C)=O. The largest absolute Gasteiger partial charge is 0.492 e. The van der Waals surface area contributed by atoms with Gasteiger partial charge in [0.2, 0.25) is 12.1 Å². The third kappa shape index (κ3) is 14.1. The molecule has 20 heteroatoms. The van der Waals surface area contributed by atoms with E-state index >= 15 is 0 Å². The lowest BCUT2D eigenvalue weighted by Crippen LogP contribution is -2.32. The second-order valence-corrected chi connectivity index (χ2v) is 15.5. The summed E-state index contributed by atoms with van der Waals surface area (Å²) in [5, 5.41) is 27.2. The second kappa shape index (κ2) is 24.0. The Kier molecular flexibility index (Phi) is 18.3. The Morgan fingerprint density at radius 2 is 0.894 bits per heavy atom. The zero-order chi connectivity index (χ0) is 47.9. The van der Waals surface area contributed by atoms with E-state index in [4.69, 9.17) is 55.9 Å². The number of nitrogens with one attached hydrogen (secondary N) is 4. The molecule has 0 heterocycles. The van der Waals surface area contributed by atoms with Crippen LogP contribution in [0.15, 0.2) is 118 Å². The number of nitrogens with zero attached hydrogens (tertiary/aromatic N) is 4. The minimum Gasteiger partial charge on any atom is -0.492 e. The van der Waals surface area contributed by atoms with Crippen LogP contribution in [-0.4, -0.2) is 60.5 Å². The first-order valence-electron chi connectivity index (χ1n) is 20.0. The summed E-state index contributed by atoms with van der Waals surface area (Å²) in [4.78, 5) is 78.9. The number of carbonyl (C=O) groups excluding carboxylic acids is 6. The standard InChI is InChI=1S/C46H42Cl4N8O8/c1-5-65-39-21-38(54-46(64)42(26(4)60)58-56-36-18-30(16-32(50)20-36)44(62)52-34-13-9-28(24-48)10-14-34)40(66-6-2)22-37(39)53-45(63)41(25(3)59)57-55-35-17-29(15-31(49)19-35)43(61)51-33-11-7-27(23-47)8-12-33/h7-22,41-42H,5-6,23-24H2,1-4H3,(H,51,61)(H,52,62)(H,53,63)(H,54,64). The van der Waals surface area contributed by atoms with E-state index in [1.54, 1.807) is 62.4 Å². The average Bonchev–Trinajstić information content (AvgIpc) is 3.28. The van der Waals surface area contributed by atoms with Crippen molar-refractivity contribution in [3.8, 4) is 11.5 Å². The number of benzene rings is 5. The van der Waals surface area contributed by atoms with Crippen LogP contribution in [0.5, 0.6) is 11.5 Å². The Morgan fingerprint density at radius 1 is 0.530 bits per heavy atom. The van der Waals surface area contributed by atoms with Gasteiger partial charge in [0.05, 0.1) is 36.0 Å². The Hall–Kier alpha value is -6.72. The van der Waals surface area contributed by atoms with E-state index in [0.29, 0.717) is 23.1 Å². The number of hydrogen-bond acceptors (Lipinski definition) is 12. The number of hydrogen-bond donors (Lipinski definition) is 4. The van der Waals surface area contributed by atoms with E-state index < -0.39 is 47.3 Å². The lowest BCUT2D eigenvalue weighted by molar-refractivity contribution is -0.127. The quantitative estimate of drug-likeness (QED) is 0.0333. The highest BCUT2D eigenvalue weighted by Gasteiger charge is 2.28. The molecule has 66 heavy (non-hydrogen) atoms. The van der Waals surface area contributed by atoms with Gasteiger partial charge in [0, 0.05) is 56.4 Å². The molecule has 2 unspecified atom stereocenters. The van der Waals surface area contributed by atoms with E-state index in [-0.39, 0.29) is 68.6 Å². The molecule has 5 aromatic rings. The van der Waals surface area contributed by atoms with Crippen LogP contribution in [0.1, 0.15) is 59.5 Å². The monoisotopic (exact) mass is 974 g/mol. The molecule has 4 N–H and O–H groups in total. The van der Waals surface area contributed by atoms with Crippen molar-refractivity contribution in [2.75, 3.05) is 34.5 Å². The number of halogens is 4. The summed E-state index contributed by atoms with van der Waals surface area (Å²) in [6, 6.07) is 21.7. The molecule has 4 amide bonds. The molecular formula is C46H42Cl4N8O8. The summed E-state index contributed by atoms with van der Waals surface area (Å²) in [6.45, 7) is 5.87. The molecule has 0 bridgehead atoms. The summed E-state index contributed by atoms with van der Waals surface area (Å²) < 4.78 is 11.6. The smallest absolute Gasteiger partial charge is 0.258 e. The van der Waals surface area contributed by atoms with Gasteiger partial charge in [-0.2, -0.15) is 20.5 Å². The number of amides is 4. The number of ketones is 2. The van der Waals surface area contributed by atoms with Crippen molar-refractivity contribution >= 4 is 116 Å². The Bertz CT molecular complexity index is 2500. The van der Waals surface area contributed by atoms with Crippen molar-refractivity contribution in [2.45, 2.75) is 51.5 Å². The van der Waals surface area contributed by atoms with Gasteiger partial charge in [0.25, 0.3) is 23.6 Å². The first kappa shape index (κ1) is 50.3. The highest BCUT2D eigenvalue weighted by atomic mass is 35.5. The molecule has 0 aliphatic rings. The highest BCUT2D eigenvalue weighted by Crippen LogP contribution is 2.38. The summed E-state index contributed by atoms with van der Waals surface area (Å²) in [5.74, 6) is -3.39. The Balaban J connectivity index is 1.33. The summed E-state index contributed by atoms with van der Waals surface area (Å²) in [5.41, 5.74) is 3.32. The highest BCUT2D eigenvalue weighted by molar-refractivity contribution is 6.31. The number of anilines is 4. The molecule has 0 saturated carbocycles. The molecule has 16 nitrogen and oxygen atoms in total. The van der Waals surface area contributed by atoms with Crippen LogP contribution in [0.4, 0.5) is 34.1 Å². The molecule has 5 rings (SSSR count). The molecule has 0 aliphatic carbocycles. The number of rotatable bonds is 20. The molecule has 0 fully saturated rings. The maximum Gasteiger partial charge on any atom is 0.258 e. The normalized spacial score (nSPS) is 12.0. The molecule has 0 saturated heterocycles. The van der Waals surface area contributed by atoms with Crippen LogP contribution in [0.3, 0.4) is 0 Å². The van der Waals surface area contributed by atoms with Crippen LogP contribution < -0.4 is 30.7 Å². The molecule has 2 atom stereocenters. The van der Waals surface area contributed by atoms with E-state index in [1.807, 2.05) is 0 Å². The van der Waals surface area contributed by atoms with Crippen molar-refractivity contribution in [2.24, 2.45) is 20.5 Å². The van der Waals surface area contributed by atoms with E-state index in [9.17, 15) is 28.8 Å². The summed E-state index contributed by atoms with van der Waals surface area (Å²) in [6.07, 6.45) is 0. The van der Waals surface area contributed by atoms with E-state index in [1.165, 1.54) is 48.5 Å². The zero-order valence-electron chi connectivity index (χ0n) is 35.8. The van der Waals surface area contributed by atoms with Gasteiger partial charge in [0.15, 0.2) is 11.6 Å². The van der Waals surface area contributed by atoms with Gasteiger partial charge >= 0.3 is 0 Å². The van der Waals surface area contributed by atoms with Gasteiger partial charge in [-0.3, -0.25) is 28.8 Å². The predicted octanol–water partition coefficient (Wildman–Crippen LogP) is 11.1. The Morgan fingerprint density at radius 3 is 1.21 bits per heavy atom. The number of ether oxygens (including phenoxy) is 2. The third-order valence-electron chi connectivity index (χ3n) is 9.06. The molecule has 0 aromatic heterocycles. The molecule has 0 aliphatic heterocycles. The fourth-order valence-electron chi connectivity index (χ4n) is 5.88. The van der Waals surface area contributed by atoms with E-state index in [0.717, 1.165) is 25.0 Å². The van der Waals surface area contributed by atoms with Gasteiger partial charge in [-0.25, -0.2) is 0 Å². The third-order valence-corrected chi connectivity index (χ3v) is 10.1. The summed E-state index contributed by atoms with van der Waals surface area (Å²) in [7, 11) is 0. The lowest BCUT2D eigenvalue weighted by atomic mass is 10.1. The minimum atomic E-state index is -1.66. The maximum atomic E-state index is 13.6. The number of carbonyl (C=O) groups is 6. The van der Waals surface area contributed by atoms with Crippen LogP contribution >= 0.6 is 46.4 Å². The predicted molar refractivity (Wildman–Crippen MR) is 255 cm³/mol. The number of alkyl halides is 2. The fraction of sp³-hybridized carbons (Fsp3) is 0.217. The van der Waals surface area contributed by atoms with Gasteiger partial charge in [-0.1, -0.05) is 47.5 Å². The molecule has 342 valence electrons. The van der Waals surface area contributed by atoms with Crippen molar-refractivity contribution in [1.29, 1.82) is 0 Å². The van der Waals surface area contributed by atoms with Crippen molar-refractivity contribution in [3.05, 3.63) is 129 Å². The van der Waals surface area contributed by atoms with Crippen LogP contribution in [0.2, 0.25) is 10.0 Å². The van der Waals surface area contributed by atoms with Crippen molar-refractivity contribution in [1.82, 2.24) is 0 Å². The minimum absolute atomic E-state index is 0.0430. The Labute approximate surface area is 399 Å². The maximum absolute atomic E-state index is 13.6. The molecule has 5 aromatic carbocycles. The van der Waals surface area contributed by atoms with Gasteiger partial charge in [-0.05, 0) is 99.5 Å². The number of azo groups is 2. The van der Waals surface area contributed by atoms with Gasteiger partial charge in [0.1, 0.15) is 11.5 Å². The topological polar surface area (TPSA) is 218 Å². The molecule has 0 radical (unpaired) electrons. The van der Waals surface area contributed by atoms with E-state index in [2.05, 4.69) is 41.7 Å². The first-order chi connectivity index (χ1) is 31.6. The first-order valence-corrected chi connectivity index (χ1v) is 21.8. The second-order valence-electron chi connectivity index (χ2n) is 14.1. The molecule has 0 spiro atoms. The number of Topliss-reactive ketones (excluding diaryl/α,β-unsaturated/α-hetero) is 2. The van der Waals surface area contributed by atoms with Crippen LogP contribution in [0, 0.1) is 0 Å². The van der Waals surface area contributed by atoms with Crippen molar-refractivity contribution in [3.63, 3.8) is 0 Å². The van der Waals surface area contributed by atoms with Crippen molar-refractivity contribution < 1.29 is 38.2 Å². The van der Waals surface area contributed by atoms with Crippen LogP contribution in [0.25, 0.3) is 0 Å². The lowest BCUT2D eigenvalue weighted by Gasteiger charge is -2.19. The summed E-state index contributed by atoms with van der Waals surface area (Å²) >= 11 is 24.3. The zero-order valence-corrected chi connectivity index (χ0v) is 38.8. The average molecular weight is 977 g/mol. The van der Waals surface area contributed by atoms with Gasteiger partial charge < -0.3 is 30.7 Å². The van der Waals surface area contributed by atoms with Crippen LogP contribution in [-0.2, 0) is 30.9 Å². The fourth-order valence-corrected chi connectivity index (χ4v) is 6.69. The molecular weight excluding hydrogens is 934 g/mol.